The number of nitrogens with one attached hydrogen (secondary N) is 1. The van der Waals surface area contributed by atoms with Crippen LogP contribution in [0.5, 0.6) is 0 Å². The van der Waals surface area contributed by atoms with Crippen LogP contribution in [-0.2, 0) is 23.3 Å². The van der Waals surface area contributed by atoms with Crippen molar-refractivity contribution in [2.24, 2.45) is 5.92 Å². The van der Waals surface area contributed by atoms with Gasteiger partial charge in [0.15, 0.2) is 12.2 Å². The number of esters is 1. The van der Waals surface area contributed by atoms with Crippen LogP contribution in [0.4, 0.5) is 0 Å². The Morgan fingerprint density at radius 3 is 2.73 bits per heavy atom. The quantitative estimate of drug-likeness (QED) is 0.384. The number of hydrogen-bond donors (Lipinski definition) is 2. The van der Waals surface area contributed by atoms with Crippen LogP contribution in [0.25, 0.3) is 0 Å². The minimum absolute atomic E-state index is 0.141. The first-order chi connectivity index (χ1) is 10.3. The van der Waals surface area contributed by atoms with Crippen LogP contribution < -0.4 is 5.32 Å². The Hall–Kier alpha value is -1.58. The van der Waals surface area contributed by atoms with Crippen molar-refractivity contribution in [3.63, 3.8) is 0 Å². The highest BCUT2D eigenvalue weighted by molar-refractivity contribution is 8.25. The molecule has 22 heavy (non-hydrogen) atoms. The Morgan fingerprint density at radius 1 is 1.55 bits per heavy atom. The Morgan fingerprint density at radius 2 is 2.18 bits per heavy atom. The monoisotopic (exact) mass is 334 g/mol. The summed E-state index contributed by atoms with van der Waals surface area (Å²) in [6.45, 7) is 3.81. The van der Waals surface area contributed by atoms with E-state index in [1.54, 1.807) is 11.9 Å². The minimum atomic E-state index is -2.39. The van der Waals surface area contributed by atoms with Gasteiger partial charge in [0.25, 0.3) is 5.91 Å². The van der Waals surface area contributed by atoms with E-state index in [0.717, 1.165) is 0 Å². The van der Waals surface area contributed by atoms with Crippen LogP contribution in [0, 0.1) is 5.92 Å². The molecule has 8 nitrogen and oxygen atoms in total. The van der Waals surface area contributed by atoms with E-state index in [1.807, 2.05) is 19.2 Å². The van der Waals surface area contributed by atoms with Crippen LogP contribution in [0.3, 0.4) is 0 Å². The molecule has 2 amide bonds. The van der Waals surface area contributed by atoms with Crippen molar-refractivity contribution in [3.05, 3.63) is 12.3 Å². The van der Waals surface area contributed by atoms with Gasteiger partial charge >= 0.3 is 5.97 Å². The molecule has 0 radical (unpaired) electrons. The molecule has 0 aromatic rings. The molecule has 126 valence electrons. The van der Waals surface area contributed by atoms with Gasteiger partial charge in [-0.25, -0.2) is 0 Å². The number of carbonyl (C=O) groups is 3. The first-order valence-corrected chi connectivity index (χ1v) is 8.60. The summed E-state index contributed by atoms with van der Waals surface area (Å²) < 4.78 is 20.5. The van der Waals surface area contributed by atoms with Crippen molar-refractivity contribution >= 4 is 28.9 Å². The van der Waals surface area contributed by atoms with E-state index >= 15 is 0 Å². The van der Waals surface area contributed by atoms with Crippen molar-refractivity contribution in [2.45, 2.75) is 26.5 Å². The zero-order valence-corrected chi connectivity index (χ0v) is 13.7. The van der Waals surface area contributed by atoms with E-state index in [2.05, 4.69) is 0 Å². The molecule has 1 saturated heterocycles. The summed E-state index contributed by atoms with van der Waals surface area (Å²) in [7, 11) is -0.722. The molecule has 1 aliphatic heterocycles. The largest absolute Gasteiger partial charge is 0.445 e. The van der Waals surface area contributed by atoms with Gasteiger partial charge in [-0.05, 0) is 5.92 Å². The molecule has 2 atom stereocenters. The second-order valence-electron chi connectivity index (χ2n) is 5.33. The van der Waals surface area contributed by atoms with Crippen LogP contribution in [0.15, 0.2) is 12.3 Å². The minimum Gasteiger partial charge on any atom is -0.445 e. The SMILES string of the molecule is CC(C)CC(=O)OCS1(O)CC(N(C)/C=C\C(=O)NC=O)O1. The smallest absolute Gasteiger partial charge is 0.307 e. The van der Waals surface area contributed by atoms with Crippen molar-refractivity contribution in [3.8, 4) is 0 Å². The second kappa shape index (κ2) is 8.16. The summed E-state index contributed by atoms with van der Waals surface area (Å²) in [5, 5.41) is 1.96. The number of rotatable bonds is 8. The first-order valence-electron chi connectivity index (χ1n) is 6.75. The predicted octanol–water partition coefficient (Wildman–Crippen LogP) is 0.800. The standard InChI is InChI=1S/C13H22N2O6S/c1-10(2)6-13(18)20-9-22(19)7-12(21-22)15(3)5-4-11(17)14-8-16/h4-5,8,10,12,19H,6-7,9H2,1-3H3,(H,14,16,17)/b5-4-. The molecular weight excluding hydrogens is 312 g/mol. The van der Waals surface area contributed by atoms with E-state index in [0.29, 0.717) is 18.6 Å². The molecule has 1 heterocycles. The van der Waals surface area contributed by atoms with Crippen molar-refractivity contribution < 1.29 is 27.9 Å². The summed E-state index contributed by atoms with van der Waals surface area (Å²) in [5.74, 6) is -0.537. The average molecular weight is 334 g/mol. The second-order valence-corrected chi connectivity index (χ2v) is 7.64. The van der Waals surface area contributed by atoms with Gasteiger partial charge in [0, 0.05) is 25.7 Å². The third-order valence-corrected chi connectivity index (χ3v) is 4.66. The van der Waals surface area contributed by atoms with Crippen molar-refractivity contribution in [1.29, 1.82) is 0 Å². The van der Waals surface area contributed by atoms with Gasteiger partial charge in [0.2, 0.25) is 6.41 Å². The van der Waals surface area contributed by atoms with Crippen LogP contribution in [-0.4, -0.2) is 52.7 Å². The van der Waals surface area contributed by atoms with Gasteiger partial charge in [0.05, 0.1) is 5.75 Å². The van der Waals surface area contributed by atoms with Crippen LogP contribution >= 0.6 is 10.6 Å². The fourth-order valence-electron chi connectivity index (χ4n) is 1.62. The zero-order valence-electron chi connectivity index (χ0n) is 12.9. The summed E-state index contributed by atoms with van der Waals surface area (Å²) in [5.41, 5.74) is 0. The summed E-state index contributed by atoms with van der Waals surface area (Å²) >= 11 is 0. The topological polar surface area (TPSA) is 105 Å². The number of carbonyl (C=O) groups excluding carboxylic acids is 3. The highest BCUT2D eigenvalue weighted by Gasteiger charge is 2.39. The molecule has 0 saturated carbocycles. The van der Waals surface area contributed by atoms with Crippen LogP contribution in [0.1, 0.15) is 20.3 Å². The molecule has 1 fully saturated rings. The molecule has 2 unspecified atom stereocenters. The molecule has 2 N–H and O–H groups in total. The van der Waals surface area contributed by atoms with E-state index in [1.165, 1.54) is 12.3 Å². The molecule has 0 spiro atoms. The maximum atomic E-state index is 11.4. The maximum absolute atomic E-state index is 11.4. The highest BCUT2D eigenvalue weighted by Crippen LogP contribution is 2.55. The molecule has 0 aliphatic carbocycles. The lowest BCUT2D eigenvalue weighted by Crippen LogP contribution is -2.46. The molecule has 0 aromatic carbocycles. The Bertz CT molecular complexity index is 448. The predicted molar refractivity (Wildman–Crippen MR) is 81.5 cm³/mol. The average Bonchev–Trinajstić information content (AvgIpc) is 2.39. The van der Waals surface area contributed by atoms with Crippen LogP contribution in [0.2, 0.25) is 0 Å². The van der Waals surface area contributed by atoms with Crippen molar-refractivity contribution in [1.82, 2.24) is 10.2 Å². The van der Waals surface area contributed by atoms with Gasteiger partial charge in [0.1, 0.15) is 0 Å². The van der Waals surface area contributed by atoms with E-state index < -0.39 is 22.7 Å². The third kappa shape index (κ3) is 6.04. The summed E-state index contributed by atoms with van der Waals surface area (Å²) in [4.78, 5) is 34.1. The van der Waals surface area contributed by atoms with Gasteiger partial charge < -0.3 is 9.64 Å². The number of imide groups is 1. The molecule has 0 bridgehead atoms. The molecular formula is C13H22N2O6S. The van der Waals surface area contributed by atoms with Gasteiger partial charge in [-0.3, -0.25) is 28.4 Å². The third-order valence-electron chi connectivity index (χ3n) is 2.79. The summed E-state index contributed by atoms with van der Waals surface area (Å²) in [6.07, 6.45) is 2.80. The lowest BCUT2D eigenvalue weighted by Gasteiger charge is -2.52. The zero-order chi connectivity index (χ0) is 16.8. The molecule has 0 aromatic heterocycles. The highest BCUT2D eigenvalue weighted by atomic mass is 32.3. The first kappa shape index (κ1) is 18.5. The van der Waals surface area contributed by atoms with Gasteiger partial charge in [-0.15, -0.1) is 0 Å². The molecule has 9 heteroatoms. The summed E-state index contributed by atoms with van der Waals surface area (Å²) in [6, 6.07) is 0. The van der Waals surface area contributed by atoms with E-state index in [-0.39, 0.29) is 17.8 Å². The van der Waals surface area contributed by atoms with E-state index in [9.17, 15) is 18.9 Å². The lowest BCUT2D eigenvalue weighted by atomic mass is 10.1. The fraction of sp³-hybridized carbons (Fsp3) is 0.615. The number of ether oxygens (including phenoxy) is 1. The van der Waals surface area contributed by atoms with Crippen molar-refractivity contribution in [2.75, 3.05) is 18.7 Å². The number of nitrogens with zero attached hydrogens (tertiary/aromatic N) is 1. The molecule has 1 rings (SSSR count). The fourth-order valence-corrected chi connectivity index (χ4v) is 3.30. The number of amides is 2. The van der Waals surface area contributed by atoms with Gasteiger partial charge in [-0.1, -0.05) is 13.8 Å². The normalized spacial score (nSPS) is 26.9. The van der Waals surface area contributed by atoms with E-state index in [4.69, 9.17) is 8.92 Å². The Kier molecular flexibility index (Phi) is 6.85. The van der Waals surface area contributed by atoms with Gasteiger partial charge in [-0.2, -0.15) is 10.6 Å². The lowest BCUT2D eigenvalue weighted by molar-refractivity contribution is -0.143. The Labute approximate surface area is 131 Å². The number of hydrogen-bond acceptors (Lipinski definition) is 7. The maximum Gasteiger partial charge on any atom is 0.307 e. The Balaban J connectivity index is 2.32. The molecule has 1 aliphatic rings.